The third-order valence-electron chi connectivity index (χ3n) is 2.49. The molecule has 0 radical (unpaired) electrons. The highest BCUT2D eigenvalue weighted by Crippen LogP contribution is 2.33. The molecule has 0 bridgehead atoms. The van der Waals surface area contributed by atoms with E-state index in [1.165, 1.54) is 18.2 Å². The lowest BCUT2D eigenvalue weighted by molar-refractivity contribution is 0.112. The Kier molecular flexibility index (Phi) is 4.13. The van der Waals surface area contributed by atoms with E-state index in [0.29, 0.717) is 24.4 Å². The van der Waals surface area contributed by atoms with Gasteiger partial charge in [-0.2, -0.15) is 0 Å². The fourth-order valence-electron chi connectivity index (χ4n) is 1.65. The summed E-state index contributed by atoms with van der Waals surface area (Å²) in [6, 6.07) is 11.1. The molecule has 19 heavy (non-hydrogen) atoms. The van der Waals surface area contributed by atoms with Crippen LogP contribution in [0.4, 0.5) is 4.39 Å². The zero-order valence-corrected chi connectivity index (χ0v) is 10.4. The van der Waals surface area contributed by atoms with Gasteiger partial charge in [0.25, 0.3) is 0 Å². The highest BCUT2D eigenvalue weighted by Gasteiger charge is 2.13. The van der Waals surface area contributed by atoms with Gasteiger partial charge in [-0.05, 0) is 31.2 Å². The number of carbonyl (C=O) groups is 1. The van der Waals surface area contributed by atoms with E-state index in [1.807, 2.05) is 6.92 Å². The quantitative estimate of drug-likeness (QED) is 0.766. The van der Waals surface area contributed by atoms with Crippen molar-refractivity contribution < 1.29 is 18.7 Å². The van der Waals surface area contributed by atoms with Crippen molar-refractivity contribution in [1.82, 2.24) is 0 Å². The SMILES string of the molecule is CCOc1ccccc1Oc1c(F)cccc1C=O. The first-order valence-corrected chi connectivity index (χ1v) is 5.89. The maximum atomic E-state index is 13.7. The zero-order chi connectivity index (χ0) is 13.7. The molecule has 2 aromatic rings. The van der Waals surface area contributed by atoms with Crippen molar-refractivity contribution in [3.63, 3.8) is 0 Å². The number of benzene rings is 2. The molecular formula is C15H13FO3. The Morgan fingerprint density at radius 2 is 1.84 bits per heavy atom. The molecule has 0 heterocycles. The van der Waals surface area contributed by atoms with Crippen LogP contribution in [0.2, 0.25) is 0 Å². The van der Waals surface area contributed by atoms with Crippen LogP contribution in [0.3, 0.4) is 0 Å². The molecule has 0 saturated carbocycles. The monoisotopic (exact) mass is 260 g/mol. The van der Waals surface area contributed by atoms with Gasteiger partial charge in [0, 0.05) is 0 Å². The number of halogens is 1. The van der Waals surface area contributed by atoms with Crippen LogP contribution >= 0.6 is 0 Å². The first-order valence-electron chi connectivity index (χ1n) is 5.89. The number of carbonyl (C=O) groups excluding carboxylic acids is 1. The van der Waals surface area contributed by atoms with Crippen molar-refractivity contribution >= 4 is 6.29 Å². The van der Waals surface area contributed by atoms with E-state index in [-0.39, 0.29) is 11.3 Å². The smallest absolute Gasteiger partial charge is 0.173 e. The molecule has 4 heteroatoms. The molecule has 0 aliphatic carbocycles. The Balaban J connectivity index is 2.39. The minimum Gasteiger partial charge on any atom is -0.490 e. The average molecular weight is 260 g/mol. The van der Waals surface area contributed by atoms with Crippen molar-refractivity contribution in [2.75, 3.05) is 6.61 Å². The molecular weight excluding hydrogens is 247 g/mol. The highest BCUT2D eigenvalue weighted by molar-refractivity contribution is 5.79. The summed E-state index contributed by atoms with van der Waals surface area (Å²) in [4.78, 5) is 10.9. The third-order valence-corrected chi connectivity index (χ3v) is 2.49. The van der Waals surface area contributed by atoms with Crippen LogP contribution in [0.15, 0.2) is 42.5 Å². The number of rotatable bonds is 5. The van der Waals surface area contributed by atoms with Gasteiger partial charge in [-0.25, -0.2) is 4.39 Å². The topological polar surface area (TPSA) is 35.5 Å². The number of hydrogen-bond donors (Lipinski definition) is 0. The molecule has 0 aliphatic rings. The van der Waals surface area contributed by atoms with Crippen molar-refractivity contribution in [3.05, 3.63) is 53.8 Å². The van der Waals surface area contributed by atoms with Crippen LogP contribution in [0.1, 0.15) is 17.3 Å². The molecule has 0 aliphatic heterocycles. The molecule has 0 aromatic heterocycles. The molecule has 3 nitrogen and oxygen atoms in total. The number of para-hydroxylation sites is 3. The maximum absolute atomic E-state index is 13.7. The largest absolute Gasteiger partial charge is 0.490 e. The standard InChI is InChI=1S/C15H13FO3/c1-2-18-13-8-3-4-9-14(13)19-15-11(10-17)6-5-7-12(15)16/h3-10H,2H2,1H3. The van der Waals surface area contributed by atoms with Crippen molar-refractivity contribution in [1.29, 1.82) is 0 Å². The van der Waals surface area contributed by atoms with Crippen LogP contribution in [-0.2, 0) is 0 Å². The normalized spacial score (nSPS) is 10.0. The summed E-state index contributed by atoms with van der Waals surface area (Å²) in [5.41, 5.74) is 0.159. The Hall–Kier alpha value is -2.36. The zero-order valence-electron chi connectivity index (χ0n) is 10.4. The molecule has 0 saturated heterocycles. The molecule has 0 spiro atoms. The first-order chi connectivity index (χ1) is 9.26. The fourth-order valence-corrected chi connectivity index (χ4v) is 1.65. The Bertz CT molecular complexity index is 581. The van der Waals surface area contributed by atoms with Gasteiger partial charge in [0.05, 0.1) is 12.2 Å². The first kappa shape index (κ1) is 13.1. The van der Waals surface area contributed by atoms with Gasteiger partial charge in [-0.3, -0.25) is 4.79 Å². The second kappa shape index (κ2) is 6.00. The maximum Gasteiger partial charge on any atom is 0.173 e. The lowest BCUT2D eigenvalue weighted by atomic mass is 10.2. The Morgan fingerprint density at radius 3 is 2.53 bits per heavy atom. The van der Waals surface area contributed by atoms with E-state index in [9.17, 15) is 9.18 Å². The summed E-state index contributed by atoms with van der Waals surface area (Å²) in [6.07, 6.45) is 0.557. The number of hydrogen-bond acceptors (Lipinski definition) is 3. The molecule has 2 aromatic carbocycles. The van der Waals surface area contributed by atoms with E-state index in [0.717, 1.165) is 0 Å². The summed E-state index contributed by atoms with van der Waals surface area (Å²) in [6.45, 7) is 2.31. The second-order valence-electron chi connectivity index (χ2n) is 3.76. The summed E-state index contributed by atoms with van der Waals surface area (Å²) < 4.78 is 24.6. The minimum atomic E-state index is -0.587. The van der Waals surface area contributed by atoms with Crippen LogP contribution in [-0.4, -0.2) is 12.9 Å². The van der Waals surface area contributed by atoms with Gasteiger partial charge in [0.1, 0.15) is 0 Å². The average Bonchev–Trinajstić information content (AvgIpc) is 2.43. The van der Waals surface area contributed by atoms with Gasteiger partial charge in [-0.15, -0.1) is 0 Å². The Morgan fingerprint density at radius 1 is 1.11 bits per heavy atom. The molecule has 0 amide bonds. The van der Waals surface area contributed by atoms with Gasteiger partial charge >= 0.3 is 0 Å². The highest BCUT2D eigenvalue weighted by atomic mass is 19.1. The van der Waals surface area contributed by atoms with E-state index < -0.39 is 5.82 Å². The second-order valence-corrected chi connectivity index (χ2v) is 3.76. The fraction of sp³-hybridized carbons (Fsp3) is 0.133. The van der Waals surface area contributed by atoms with Crippen LogP contribution in [0.25, 0.3) is 0 Å². The third kappa shape index (κ3) is 2.91. The van der Waals surface area contributed by atoms with E-state index in [2.05, 4.69) is 0 Å². The molecule has 2 rings (SSSR count). The van der Waals surface area contributed by atoms with Crippen LogP contribution in [0.5, 0.6) is 17.2 Å². The van der Waals surface area contributed by atoms with Crippen molar-refractivity contribution in [2.45, 2.75) is 6.92 Å². The van der Waals surface area contributed by atoms with E-state index in [1.54, 1.807) is 24.3 Å². The summed E-state index contributed by atoms with van der Waals surface area (Å²) in [7, 11) is 0. The number of aldehydes is 1. The molecule has 0 unspecified atom stereocenters. The summed E-state index contributed by atoms with van der Waals surface area (Å²) in [5, 5.41) is 0. The van der Waals surface area contributed by atoms with E-state index in [4.69, 9.17) is 9.47 Å². The Labute approximate surface area is 110 Å². The van der Waals surface area contributed by atoms with Gasteiger partial charge in [0.2, 0.25) is 0 Å². The minimum absolute atomic E-state index is 0.0929. The predicted octanol–water partition coefficient (Wildman–Crippen LogP) is 3.83. The molecule has 0 atom stereocenters. The molecule has 0 N–H and O–H groups in total. The van der Waals surface area contributed by atoms with Crippen molar-refractivity contribution in [2.24, 2.45) is 0 Å². The van der Waals surface area contributed by atoms with Gasteiger partial charge < -0.3 is 9.47 Å². The predicted molar refractivity (Wildman–Crippen MR) is 69.5 cm³/mol. The van der Waals surface area contributed by atoms with Gasteiger partial charge in [0.15, 0.2) is 29.4 Å². The molecule has 98 valence electrons. The van der Waals surface area contributed by atoms with E-state index >= 15 is 0 Å². The van der Waals surface area contributed by atoms with Crippen molar-refractivity contribution in [3.8, 4) is 17.2 Å². The summed E-state index contributed by atoms with van der Waals surface area (Å²) in [5.74, 6) is 0.197. The van der Waals surface area contributed by atoms with Crippen LogP contribution in [0, 0.1) is 5.82 Å². The molecule has 0 fully saturated rings. The number of ether oxygens (including phenoxy) is 2. The van der Waals surface area contributed by atoms with Crippen LogP contribution < -0.4 is 9.47 Å². The lowest BCUT2D eigenvalue weighted by Crippen LogP contribution is -1.98. The summed E-state index contributed by atoms with van der Waals surface area (Å²) >= 11 is 0. The lowest BCUT2D eigenvalue weighted by Gasteiger charge is -2.12. The van der Waals surface area contributed by atoms with Gasteiger partial charge in [-0.1, -0.05) is 18.2 Å².